The summed E-state index contributed by atoms with van der Waals surface area (Å²) in [6.07, 6.45) is 0. The predicted octanol–water partition coefficient (Wildman–Crippen LogP) is 4.85. The molecule has 0 unspecified atom stereocenters. The van der Waals surface area contributed by atoms with Crippen LogP contribution in [0.25, 0.3) is 0 Å². The first-order valence-electron chi connectivity index (χ1n) is 8.89. The summed E-state index contributed by atoms with van der Waals surface area (Å²) in [6, 6.07) is 17.9. The van der Waals surface area contributed by atoms with Crippen LogP contribution in [0.5, 0.6) is 0 Å². The predicted molar refractivity (Wildman–Crippen MR) is 107 cm³/mol. The summed E-state index contributed by atoms with van der Waals surface area (Å²) in [5.41, 5.74) is 1.87. The Labute approximate surface area is 162 Å². The minimum Gasteiger partial charge on any atom is -0.320 e. The van der Waals surface area contributed by atoms with Gasteiger partial charge >= 0.3 is 0 Å². The van der Waals surface area contributed by atoms with Crippen LogP contribution >= 0.6 is 0 Å². The van der Waals surface area contributed by atoms with Crippen LogP contribution in [0.15, 0.2) is 66.7 Å². The van der Waals surface area contributed by atoms with Gasteiger partial charge in [-0.05, 0) is 41.8 Å². The van der Waals surface area contributed by atoms with Crippen LogP contribution in [0.4, 0.5) is 15.8 Å². The fourth-order valence-electron chi connectivity index (χ4n) is 2.74. The summed E-state index contributed by atoms with van der Waals surface area (Å²) in [4.78, 5) is 29.1. The Morgan fingerprint density at radius 2 is 1.32 bits per heavy atom. The van der Waals surface area contributed by atoms with E-state index >= 15 is 0 Å². The second-order valence-corrected chi connectivity index (χ2v) is 6.54. The number of hydrogen-bond donors (Lipinski definition) is 2. The summed E-state index contributed by atoms with van der Waals surface area (Å²) in [6.45, 7) is 4.08. The van der Waals surface area contributed by atoms with Gasteiger partial charge in [-0.3, -0.25) is 9.59 Å². The van der Waals surface area contributed by atoms with Crippen molar-refractivity contribution in [1.29, 1.82) is 0 Å². The topological polar surface area (TPSA) is 71.1 Å². The number of hydrogen-bond acceptors (Lipinski definition) is 3. The molecular formula is C22H20FN3O2. The minimum atomic E-state index is -0.595. The molecule has 2 amide bonds. The van der Waals surface area contributed by atoms with Crippen LogP contribution in [-0.2, 0) is 0 Å². The highest BCUT2D eigenvalue weighted by Gasteiger charge is 2.15. The maximum absolute atomic E-state index is 13.7. The fraction of sp³-hybridized carbons (Fsp3) is 0.136. The zero-order valence-corrected chi connectivity index (χ0v) is 15.6. The molecule has 0 aliphatic heterocycles. The van der Waals surface area contributed by atoms with Crippen molar-refractivity contribution < 1.29 is 14.0 Å². The second-order valence-electron chi connectivity index (χ2n) is 6.54. The van der Waals surface area contributed by atoms with Gasteiger partial charge in [0, 0.05) is 5.69 Å². The molecular weight excluding hydrogens is 357 g/mol. The highest BCUT2D eigenvalue weighted by molar-refractivity contribution is 6.06. The third-order valence-corrected chi connectivity index (χ3v) is 4.17. The Morgan fingerprint density at radius 3 is 1.93 bits per heavy atom. The lowest BCUT2D eigenvalue weighted by Gasteiger charge is -2.13. The van der Waals surface area contributed by atoms with E-state index in [0.29, 0.717) is 5.69 Å². The molecule has 1 aromatic heterocycles. The molecule has 3 rings (SSSR count). The van der Waals surface area contributed by atoms with E-state index in [-0.39, 0.29) is 23.0 Å². The van der Waals surface area contributed by atoms with E-state index in [1.165, 1.54) is 30.3 Å². The van der Waals surface area contributed by atoms with Gasteiger partial charge in [0.2, 0.25) is 0 Å². The Bertz CT molecular complexity index is 1020. The molecule has 2 aromatic carbocycles. The van der Waals surface area contributed by atoms with Gasteiger partial charge in [0.25, 0.3) is 11.8 Å². The molecule has 0 radical (unpaired) electrons. The summed E-state index contributed by atoms with van der Waals surface area (Å²) in [7, 11) is 0. The smallest absolute Gasteiger partial charge is 0.274 e. The number of rotatable bonds is 5. The van der Waals surface area contributed by atoms with E-state index < -0.39 is 17.6 Å². The third-order valence-electron chi connectivity index (χ3n) is 4.17. The van der Waals surface area contributed by atoms with Gasteiger partial charge in [0.15, 0.2) is 0 Å². The zero-order valence-electron chi connectivity index (χ0n) is 15.6. The fourth-order valence-corrected chi connectivity index (χ4v) is 2.74. The number of pyridine rings is 1. The van der Waals surface area contributed by atoms with E-state index in [1.807, 2.05) is 38.1 Å². The van der Waals surface area contributed by atoms with Crippen molar-refractivity contribution >= 4 is 23.2 Å². The first-order valence-corrected chi connectivity index (χ1v) is 8.89. The molecule has 0 aliphatic rings. The molecule has 0 bridgehead atoms. The van der Waals surface area contributed by atoms with Gasteiger partial charge in [0.05, 0.1) is 5.69 Å². The van der Waals surface area contributed by atoms with Crippen molar-refractivity contribution in [2.24, 2.45) is 0 Å². The van der Waals surface area contributed by atoms with Gasteiger partial charge in [-0.25, -0.2) is 9.37 Å². The van der Waals surface area contributed by atoms with Crippen molar-refractivity contribution in [2.75, 3.05) is 10.6 Å². The molecule has 3 aromatic rings. The first-order chi connectivity index (χ1) is 13.5. The van der Waals surface area contributed by atoms with E-state index in [0.717, 1.165) is 5.56 Å². The van der Waals surface area contributed by atoms with E-state index in [2.05, 4.69) is 15.6 Å². The van der Waals surface area contributed by atoms with Gasteiger partial charge in [0.1, 0.15) is 17.2 Å². The Morgan fingerprint density at radius 1 is 0.786 bits per heavy atom. The maximum atomic E-state index is 13.7. The third kappa shape index (κ3) is 4.40. The molecule has 142 valence electrons. The number of carbonyl (C=O) groups excluding carboxylic acids is 2. The second kappa shape index (κ2) is 8.43. The van der Waals surface area contributed by atoms with Crippen LogP contribution in [0, 0.1) is 5.82 Å². The summed E-state index contributed by atoms with van der Waals surface area (Å²) >= 11 is 0. The molecule has 0 aliphatic carbocycles. The van der Waals surface area contributed by atoms with Crippen molar-refractivity contribution in [3.05, 3.63) is 89.5 Å². The molecule has 0 atom stereocenters. The van der Waals surface area contributed by atoms with Crippen molar-refractivity contribution in [3.8, 4) is 0 Å². The summed E-state index contributed by atoms with van der Waals surface area (Å²) in [5, 5.41) is 5.30. The van der Waals surface area contributed by atoms with E-state index in [1.54, 1.807) is 12.1 Å². The number of nitrogens with one attached hydrogen (secondary N) is 2. The molecule has 0 fully saturated rings. The highest BCUT2D eigenvalue weighted by atomic mass is 19.1. The lowest BCUT2D eigenvalue weighted by atomic mass is 10.0. The number of benzene rings is 2. The standard InChI is InChI=1S/C22H20FN3O2/c1-14(2)15-8-3-5-10-17(15)25-21(27)19-12-7-13-20(24-19)22(28)26-18-11-6-4-9-16(18)23/h3-14H,1-2H3,(H,25,27)(H,26,28). The van der Waals surface area contributed by atoms with Crippen LogP contribution < -0.4 is 10.6 Å². The molecule has 6 heteroatoms. The zero-order chi connectivity index (χ0) is 20.1. The van der Waals surface area contributed by atoms with Gasteiger partial charge in [-0.2, -0.15) is 0 Å². The van der Waals surface area contributed by atoms with Crippen molar-refractivity contribution in [1.82, 2.24) is 4.98 Å². The number of para-hydroxylation sites is 2. The van der Waals surface area contributed by atoms with Crippen LogP contribution in [-0.4, -0.2) is 16.8 Å². The van der Waals surface area contributed by atoms with E-state index in [4.69, 9.17) is 0 Å². The number of anilines is 2. The quantitative estimate of drug-likeness (QED) is 0.668. The lowest BCUT2D eigenvalue weighted by molar-refractivity contribution is 0.101. The Hall–Kier alpha value is -3.54. The number of carbonyl (C=O) groups is 2. The molecule has 28 heavy (non-hydrogen) atoms. The van der Waals surface area contributed by atoms with Crippen LogP contribution in [0.1, 0.15) is 46.3 Å². The largest absolute Gasteiger partial charge is 0.320 e. The van der Waals surface area contributed by atoms with Crippen LogP contribution in [0.3, 0.4) is 0 Å². The summed E-state index contributed by atoms with van der Waals surface area (Å²) < 4.78 is 13.7. The van der Waals surface area contributed by atoms with Gasteiger partial charge in [-0.15, -0.1) is 0 Å². The van der Waals surface area contributed by atoms with Crippen molar-refractivity contribution in [2.45, 2.75) is 19.8 Å². The summed E-state index contributed by atoms with van der Waals surface area (Å²) in [5.74, 6) is -1.33. The lowest BCUT2D eigenvalue weighted by Crippen LogP contribution is -2.19. The molecule has 0 saturated carbocycles. The molecule has 0 saturated heterocycles. The average Bonchev–Trinajstić information content (AvgIpc) is 2.70. The first kappa shape index (κ1) is 19.2. The van der Waals surface area contributed by atoms with Gasteiger partial charge < -0.3 is 10.6 Å². The molecule has 5 nitrogen and oxygen atoms in total. The van der Waals surface area contributed by atoms with Gasteiger partial charge in [-0.1, -0.05) is 50.2 Å². The highest BCUT2D eigenvalue weighted by Crippen LogP contribution is 2.24. The monoisotopic (exact) mass is 377 g/mol. The molecule has 0 spiro atoms. The maximum Gasteiger partial charge on any atom is 0.274 e. The number of halogens is 1. The Kier molecular flexibility index (Phi) is 5.79. The average molecular weight is 377 g/mol. The number of amides is 2. The number of aromatic nitrogens is 1. The Balaban J connectivity index is 1.78. The molecule has 1 heterocycles. The number of nitrogens with zero attached hydrogens (tertiary/aromatic N) is 1. The molecule has 2 N–H and O–H groups in total. The van der Waals surface area contributed by atoms with Crippen molar-refractivity contribution in [3.63, 3.8) is 0 Å². The normalized spacial score (nSPS) is 10.6. The SMILES string of the molecule is CC(C)c1ccccc1NC(=O)c1cccc(C(=O)Nc2ccccc2F)n1. The van der Waals surface area contributed by atoms with E-state index in [9.17, 15) is 14.0 Å². The van der Waals surface area contributed by atoms with Crippen LogP contribution in [0.2, 0.25) is 0 Å². The minimum absolute atomic E-state index is 0.0213.